The third-order valence-electron chi connectivity index (χ3n) is 4.91. The predicted octanol–water partition coefficient (Wildman–Crippen LogP) is 3.60. The van der Waals surface area contributed by atoms with Gasteiger partial charge in [-0.3, -0.25) is 0 Å². The van der Waals surface area contributed by atoms with E-state index in [4.69, 9.17) is 0 Å². The van der Waals surface area contributed by atoms with Gasteiger partial charge in [0.2, 0.25) is 0 Å². The molecule has 0 radical (unpaired) electrons. The van der Waals surface area contributed by atoms with E-state index < -0.39 is 0 Å². The molecule has 2 aliphatic rings. The van der Waals surface area contributed by atoms with E-state index in [0.717, 1.165) is 24.3 Å². The largest absolute Gasteiger partial charge is 0.310 e. The summed E-state index contributed by atoms with van der Waals surface area (Å²) in [6.45, 7) is 3.41. The van der Waals surface area contributed by atoms with Gasteiger partial charge in [-0.15, -0.1) is 0 Å². The quantitative estimate of drug-likeness (QED) is 0.832. The van der Waals surface area contributed by atoms with Gasteiger partial charge in [-0.25, -0.2) is 0 Å². The Balaban J connectivity index is 1.52. The standard InChI is InChI=1S/C16H23N/c1-12(16-10-14-7-8-15(16)9-14)17-11-13-5-3-2-4-6-13/h2-6,12,14-17H,7-11H2,1H3/t12-,14+,15+,16+/m0/s1. The minimum absolute atomic E-state index is 0.686. The lowest BCUT2D eigenvalue weighted by Crippen LogP contribution is -2.35. The number of rotatable bonds is 4. The van der Waals surface area contributed by atoms with Gasteiger partial charge in [-0.1, -0.05) is 36.8 Å². The van der Waals surface area contributed by atoms with Gasteiger partial charge in [0.1, 0.15) is 0 Å². The van der Waals surface area contributed by atoms with Crippen molar-refractivity contribution in [3.05, 3.63) is 35.9 Å². The van der Waals surface area contributed by atoms with Crippen molar-refractivity contribution in [2.75, 3.05) is 0 Å². The summed E-state index contributed by atoms with van der Waals surface area (Å²) >= 11 is 0. The molecule has 1 N–H and O–H groups in total. The van der Waals surface area contributed by atoms with E-state index in [1.54, 1.807) is 0 Å². The third-order valence-corrected chi connectivity index (χ3v) is 4.91. The molecule has 2 fully saturated rings. The summed E-state index contributed by atoms with van der Waals surface area (Å²) in [5, 5.41) is 3.73. The van der Waals surface area contributed by atoms with E-state index in [0.29, 0.717) is 6.04 Å². The molecule has 92 valence electrons. The average molecular weight is 229 g/mol. The van der Waals surface area contributed by atoms with Crippen molar-refractivity contribution in [2.24, 2.45) is 17.8 Å². The molecule has 3 rings (SSSR count). The first-order valence-electron chi connectivity index (χ1n) is 7.10. The van der Waals surface area contributed by atoms with Gasteiger partial charge in [0.05, 0.1) is 0 Å². The van der Waals surface area contributed by atoms with Crippen molar-refractivity contribution in [2.45, 2.75) is 45.2 Å². The highest BCUT2D eigenvalue weighted by atomic mass is 14.9. The highest BCUT2D eigenvalue weighted by Gasteiger charge is 2.41. The second-order valence-electron chi connectivity index (χ2n) is 5.99. The summed E-state index contributed by atoms with van der Waals surface area (Å²) in [7, 11) is 0. The van der Waals surface area contributed by atoms with Crippen LogP contribution in [0.2, 0.25) is 0 Å². The Morgan fingerprint density at radius 2 is 2.00 bits per heavy atom. The molecule has 1 aromatic carbocycles. The van der Waals surface area contributed by atoms with Crippen molar-refractivity contribution in [1.82, 2.24) is 5.32 Å². The molecular weight excluding hydrogens is 206 g/mol. The van der Waals surface area contributed by atoms with Crippen molar-refractivity contribution in [3.8, 4) is 0 Å². The summed E-state index contributed by atoms with van der Waals surface area (Å²) in [6, 6.07) is 11.4. The lowest BCUT2D eigenvalue weighted by atomic mass is 9.84. The van der Waals surface area contributed by atoms with Crippen molar-refractivity contribution >= 4 is 0 Å². The normalized spacial score (nSPS) is 32.9. The summed E-state index contributed by atoms with van der Waals surface area (Å²) in [6.07, 6.45) is 5.99. The summed E-state index contributed by atoms with van der Waals surface area (Å²) in [4.78, 5) is 0. The van der Waals surface area contributed by atoms with Gasteiger partial charge in [0.25, 0.3) is 0 Å². The monoisotopic (exact) mass is 229 g/mol. The van der Waals surface area contributed by atoms with E-state index >= 15 is 0 Å². The molecule has 0 amide bonds. The van der Waals surface area contributed by atoms with E-state index in [9.17, 15) is 0 Å². The Morgan fingerprint density at radius 1 is 1.18 bits per heavy atom. The Bertz CT molecular complexity index is 359. The Labute approximate surface area is 105 Å². The molecule has 0 aliphatic heterocycles. The first-order chi connectivity index (χ1) is 8.33. The van der Waals surface area contributed by atoms with Crippen LogP contribution in [0, 0.1) is 17.8 Å². The molecule has 0 saturated heterocycles. The van der Waals surface area contributed by atoms with Crippen LogP contribution in [0.4, 0.5) is 0 Å². The van der Waals surface area contributed by atoms with Gasteiger partial charge in [-0.2, -0.15) is 0 Å². The minimum atomic E-state index is 0.686. The number of nitrogens with one attached hydrogen (secondary N) is 1. The molecule has 0 spiro atoms. The van der Waals surface area contributed by atoms with Gasteiger partial charge < -0.3 is 5.32 Å². The first kappa shape index (κ1) is 11.3. The molecule has 17 heavy (non-hydrogen) atoms. The van der Waals surface area contributed by atoms with Crippen LogP contribution in [-0.4, -0.2) is 6.04 Å². The fraction of sp³-hybridized carbons (Fsp3) is 0.625. The molecule has 1 aromatic rings. The van der Waals surface area contributed by atoms with Crippen LogP contribution in [0.1, 0.15) is 38.2 Å². The van der Waals surface area contributed by atoms with Crippen LogP contribution >= 0.6 is 0 Å². The fourth-order valence-corrected chi connectivity index (χ4v) is 3.93. The number of benzene rings is 1. The summed E-state index contributed by atoms with van der Waals surface area (Å²) < 4.78 is 0. The van der Waals surface area contributed by atoms with Crippen LogP contribution in [0.15, 0.2) is 30.3 Å². The Morgan fingerprint density at radius 3 is 2.65 bits per heavy atom. The van der Waals surface area contributed by atoms with Crippen LogP contribution in [-0.2, 0) is 6.54 Å². The molecule has 0 unspecified atom stereocenters. The Hall–Kier alpha value is -0.820. The highest BCUT2D eigenvalue weighted by Crippen LogP contribution is 2.49. The average Bonchev–Trinajstić information content (AvgIpc) is 2.99. The number of hydrogen-bond acceptors (Lipinski definition) is 1. The van der Waals surface area contributed by atoms with Crippen molar-refractivity contribution in [3.63, 3.8) is 0 Å². The molecule has 1 heteroatoms. The molecule has 0 aromatic heterocycles. The summed E-state index contributed by atoms with van der Waals surface area (Å²) in [5.74, 6) is 3.03. The van der Waals surface area contributed by atoms with E-state index in [2.05, 4.69) is 42.6 Å². The molecule has 0 heterocycles. The second-order valence-corrected chi connectivity index (χ2v) is 5.99. The van der Waals surface area contributed by atoms with E-state index in [1.165, 1.54) is 31.2 Å². The van der Waals surface area contributed by atoms with Gasteiger partial charge in [0.15, 0.2) is 0 Å². The molecule has 1 nitrogen and oxygen atoms in total. The lowest BCUT2D eigenvalue weighted by molar-refractivity contribution is 0.259. The van der Waals surface area contributed by atoms with Crippen LogP contribution < -0.4 is 5.32 Å². The number of hydrogen-bond donors (Lipinski definition) is 1. The first-order valence-corrected chi connectivity index (χ1v) is 7.10. The maximum absolute atomic E-state index is 3.73. The molecule has 2 bridgehead atoms. The zero-order chi connectivity index (χ0) is 11.7. The van der Waals surface area contributed by atoms with Gasteiger partial charge >= 0.3 is 0 Å². The topological polar surface area (TPSA) is 12.0 Å². The van der Waals surface area contributed by atoms with E-state index in [1.807, 2.05) is 0 Å². The maximum Gasteiger partial charge on any atom is 0.0208 e. The fourth-order valence-electron chi connectivity index (χ4n) is 3.93. The van der Waals surface area contributed by atoms with Crippen molar-refractivity contribution < 1.29 is 0 Å². The van der Waals surface area contributed by atoms with Crippen LogP contribution in [0.3, 0.4) is 0 Å². The molecule has 4 atom stereocenters. The van der Waals surface area contributed by atoms with Gasteiger partial charge in [0, 0.05) is 12.6 Å². The number of fused-ring (bicyclic) bond motifs is 2. The molecule has 2 saturated carbocycles. The van der Waals surface area contributed by atoms with Crippen LogP contribution in [0.5, 0.6) is 0 Å². The lowest BCUT2D eigenvalue weighted by Gasteiger charge is -2.28. The van der Waals surface area contributed by atoms with Gasteiger partial charge in [-0.05, 0) is 49.5 Å². The van der Waals surface area contributed by atoms with E-state index in [-0.39, 0.29) is 0 Å². The van der Waals surface area contributed by atoms with Crippen molar-refractivity contribution in [1.29, 1.82) is 0 Å². The third kappa shape index (κ3) is 2.40. The maximum atomic E-state index is 3.73. The summed E-state index contributed by atoms with van der Waals surface area (Å²) in [5.41, 5.74) is 1.41. The zero-order valence-corrected chi connectivity index (χ0v) is 10.7. The molecular formula is C16H23N. The smallest absolute Gasteiger partial charge is 0.0208 e. The SMILES string of the molecule is C[C@H](NCc1ccccc1)[C@H]1C[C@@H]2CC[C@@H]1C2. The zero-order valence-electron chi connectivity index (χ0n) is 10.7. The minimum Gasteiger partial charge on any atom is -0.310 e. The second kappa shape index (κ2) is 4.81. The molecule has 2 aliphatic carbocycles. The van der Waals surface area contributed by atoms with Crippen LogP contribution in [0.25, 0.3) is 0 Å². The predicted molar refractivity (Wildman–Crippen MR) is 71.7 cm³/mol. The highest BCUT2D eigenvalue weighted by molar-refractivity contribution is 5.14. The Kier molecular flexibility index (Phi) is 3.19.